The lowest BCUT2D eigenvalue weighted by Crippen LogP contribution is -2.23. The zero-order valence-electron chi connectivity index (χ0n) is 12.3. The summed E-state index contributed by atoms with van der Waals surface area (Å²) in [6, 6.07) is 4.74. The first kappa shape index (κ1) is 16.8. The Bertz CT molecular complexity index is 515. The predicted molar refractivity (Wildman–Crippen MR) is 84.3 cm³/mol. The van der Waals surface area contributed by atoms with Gasteiger partial charge in [-0.15, -0.1) is 0 Å². The van der Waals surface area contributed by atoms with Crippen LogP contribution in [0.1, 0.15) is 39.5 Å². The molecule has 0 bridgehead atoms. The van der Waals surface area contributed by atoms with Gasteiger partial charge in [0.2, 0.25) is 10.0 Å². The number of anilines is 2. The molecule has 0 unspecified atom stereocenters. The van der Waals surface area contributed by atoms with E-state index >= 15 is 0 Å². The van der Waals surface area contributed by atoms with Crippen LogP contribution in [0.25, 0.3) is 0 Å². The molecule has 0 spiro atoms. The fraction of sp³-hybridized carbons (Fsp3) is 0.571. The van der Waals surface area contributed by atoms with E-state index in [1.54, 1.807) is 19.1 Å². The molecule has 0 saturated carbocycles. The van der Waals surface area contributed by atoms with E-state index in [-0.39, 0.29) is 4.90 Å². The van der Waals surface area contributed by atoms with Crippen molar-refractivity contribution in [2.45, 2.75) is 44.4 Å². The summed E-state index contributed by atoms with van der Waals surface area (Å²) in [5.41, 5.74) is 7.12. The average Bonchev–Trinajstić information content (AvgIpc) is 2.40. The van der Waals surface area contributed by atoms with Crippen LogP contribution in [0.5, 0.6) is 0 Å². The van der Waals surface area contributed by atoms with E-state index in [9.17, 15) is 8.42 Å². The molecule has 0 radical (unpaired) electrons. The van der Waals surface area contributed by atoms with Crippen LogP contribution in [0.15, 0.2) is 23.1 Å². The predicted octanol–water partition coefficient (Wildman–Crippen LogP) is 2.56. The monoisotopic (exact) mass is 299 g/mol. The summed E-state index contributed by atoms with van der Waals surface area (Å²) in [5, 5.41) is 3.21. The highest BCUT2D eigenvalue weighted by atomic mass is 32.2. The number of hydrogen-bond donors (Lipinski definition) is 3. The summed E-state index contributed by atoms with van der Waals surface area (Å²) in [6.07, 6.45) is 4.63. The molecule has 1 rings (SSSR count). The molecule has 20 heavy (non-hydrogen) atoms. The molecule has 6 heteroatoms. The Morgan fingerprint density at radius 1 is 1.15 bits per heavy atom. The van der Waals surface area contributed by atoms with Gasteiger partial charge in [-0.05, 0) is 24.6 Å². The average molecular weight is 299 g/mol. The molecule has 0 aromatic heterocycles. The minimum atomic E-state index is -3.43. The fourth-order valence-electron chi connectivity index (χ4n) is 1.90. The van der Waals surface area contributed by atoms with Gasteiger partial charge in [-0.2, -0.15) is 0 Å². The number of benzene rings is 1. The van der Waals surface area contributed by atoms with Gasteiger partial charge in [0, 0.05) is 13.1 Å². The fourth-order valence-corrected chi connectivity index (χ4v) is 2.97. The zero-order valence-corrected chi connectivity index (χ0v) is 13.1. The molecular formula is C14H25N3O2S. The van der Waals surface area contributed by atoms with Crippen LogP contribution >= 0.6 is 0 Å². The van der Waals surface area contributed by atoms with Crippen LogP contribution in [0, 0.1) is 0 Å². The number of sulfonamides is 1. The molecule has 1 aromatic rings. The van der Waals surface area contributed by atoms with Crippen LogP contribution in [0.3, 0.4) is 0 Å². The second kappa shape index (κ2) is 8.11. The number of nitrogens with one attached hydrogen (secondary N) is 2. The highest BCUT2D eigenvalue weighted by molar-refractivity contribution is 7.89. The van der Waals surface area contributed by atoms with Gasteiger partial charge in [0.25, 0.3) is 0 Å². The zero-order chi connectivity index (χ0) is 15.0. The maximum absolute atomic E-state index is 11.9. The molecule has 0 aliphatic carbocycles. The van der Waals surface area contributed by atoms with Gasteiger partial charge in [-0.25, -0.2) is 13.1 Å². The lowest BCUT2D eigenvalue weighted by atomic mass is 10.2. The van der Waals surface area contributed by atoms with E-state index in [0.29, 0.717) is 17.9 Å². The van der Waals surface area contributed by atoms with Crippen LogP contribution < -0.4 is 15.8 Å². The summed E-state index contributed by atoms with van der Waals surface area (Å²) in [5.74, 6) is 0. The van der Waals surface area contributed by atoms with Crippen molar-refractivity contribution in [2.24, 2.45) is 0 Å². The Morgan fingerprint density at radius 3 is 2.55 bits per heavy atom. The lowest BCUT2D eigenvalue weighted by molar-refractivity contribution is 0.584. The van der Waals surface area contributed by atoms with Gasteiger partial charge >= 0.3 is 0 Å². The highest BCUT2D eigenvalue weighted by Crippen LogP contribution is 2.22. The normalized spacial score (nSPS) is 11.5. The van der Waals surface area contributed by atoms with Gasteiger partial charge in [-0.1, -0.05) is 33.1 Å². The third-order valence-corrected chi connectivity index (χ3v) is 4.56. The van der Waals surface area contributed by atoms with E-state index in [0.717, 1.165) is 13.0 Å². The summed E-state index contributed by atoms with van der Waals surface area (Å²) in [6.45, 7) is 5.09. The Kier molecular flexibility index (Phi) is 6.81. The molecule has 0 amide bonds. The molecule has 0 aliphatic rings. The van der Waals surface area contributed by atoms with Gasteiger partial charge < -0.3 is 11.1 Å². The quantitative estimate of drug-likeness (QED) is 0.483. The summed E-state index contributed by atoms with van der Waals surface area (Å²) < 4.78 is 26.3. The van der Waals surface area contributed by atoms with Crippen LogP contribution in [0.2, 0.25) is 0 Å². The Morgan fingerprint density at radius 2 is 1.90 bits per heavy atom. The maximum Gasteiger partial charge on any atom is 0.240 e. The molecule has 0 atom stereocenters. The Labute approximate surface area is 122 Å². The standard InChI is InChI=1S/C14H25N3O2S/c1-3-5-6-7-10-16-14-11-12(8-9-13(14)15)20(18,19)17-4-2/h8-9,11,16-17H,3-7,10,15H2,1-2H3. The molecule has 0 fully saturated rings. The smallest absolute Gasteiger partial charge is 0.240 e. The van der Waals surface area contributed by atoms with Gasteiger partial charge in [0.1, 0.15) is 0 Å². The Balaban J connectivity index is 2.72. The first-order chi connectivity index (χ1) is 9.51. The third kappa shape index (κ3) is 5.02. The number of hydrogen-bond acceptors (Lipinski definition) is 4. The second-order valence-electron chi connectivity index (χ2n) is 4.74. The van der Waals surface area contributed by atoms with Crippen molar-refractivity contribution >= 4 is 21.4 Å². The highest BCUT2D eigenvalue weighted by Gasteiger charge is 2.14. The lowest BCUT2D eigenvalue weighted by Gasteiger charge is -2.12. The largest absolute Gasteiger partial charge is 0.397 e. The van der Waals surface area contributed by atoms with Crippen molar-refractivity contribution < 1.29 is 8.42 Å². The third-order valence-electron chi connectivity index (χ3n) is 3.02. The van der Waals surface area contributed by atoms with Crippen LogP contribution in [-0.2, 0) is 10.0 Å². The van der Waals surface area contributed by atoms with Crippen LogP contribution in [-0.4, -0.2) is 21.5 Å². The molecule has 1 aromatic carbocycles. The van der Waals surface area contributed by atoms with Crippen molar-refractivity contribution in [3.05, 3.63) is 18.2 Å². The van der Waals surface area contributed by atoms with Crippen molar-refractivity contribution in [2.75, 3.05) is 24.1 Å². The molecule has 0 saturated heterocycles. The van der Waals surface area contributed by atoms with E-state index in [1.807, 2.05) is 0 Å². The van der Waals surface area contributed by atoms with E-state index in [2.05, 4.69) is 17.0 Å². The number of nitrogen functional groups attached to an aromatic ring is 1. The minimum Gasteiger partial charge on any atom is -0.397 e. The number of rotatable bonds is 9. The molecule has 5 nitrogen and oxygen atoms in total. The Hall–Kier alpha value is -1.27. The van der Waals surface area contributed by atoms with Gasteiger partial charge in [0.05, 0.1) is 16.3 Å². The number of nitrogens with two attached hydrogens (primary N) is 1. The SMILES string of the molecule is CCCCCCNc1cc(S(=O)(=O)NCC)ccc1N. The molecular weight excluding hydrogens is 274 g/mol. The maximum atomic E-state index is 11.9. The van der Waals surface area contributed by atoms with Crippen molar-refractivity contribution in [3.63, 3.8) is 0 Å². The minimum absolute atomic E-state index is 0.240. The van der Waals surface area contributed by atoms with Crippen molar-refractivity contribution in [3.8, 4) is 0 Å². The first-order valence-electron chi connectivity index (χ1n) is 7.14. The number of unbranched alkanes of at least 4 members (excludes halogenated alkanes) is 3. The van der Waals surface area contributed by atoms with Gasteiger partial charge in [0.15, 0.2) is 0 Å². The van der Waals surface area contributed by atoms with Crippen molar-refractivity contribution in [1.29, 1.82) is 0 Å². The topological polar surface area (TPSA) is 84.2 Å². The first-order valence-corrected chi connectivity index (χ1v) is 8.62. The van der Waals surface area contributed by atoms with E-state index in [4.69, 9.17) is 5.73 Å². The van der Waals surface area contributed by atoms with Crippen molar-refractivity contribution in [1.82, 2.24) is 4.72 Å². The van der Waals surface area contributed by atoms with E-state index < -0.39 is 10.0 Å². The molecule has 0 aliphatic heterocycles. The summed E-state index contributed by atoms with van der Waals surface area (Å²) >= 11 is 0. The second-order valence-corrected chi connectivity index (χ2v) is 6.50. The molecule has 4 N–H and O–H groups in total. The summed E-state index contributed by atoms with van der Waals surface area (Å²) in [4.78, 5) is 0.240. The van der Waals surface area contributed by atoms with Crippen LogP contribution in [0.4, 0.5) is 11.4 Å². The molecule has 114 valence electrons. The van der Waals surface area contributed by atoms with E-state index in [1.165, 1.54) is 25.3 Å². The van der Waals surface area contributed by atoms with Gasteiger partial charge in [-0.3, -0.25) is 0 Å². The molecule has 0 heterocycles. The summed E-state index contributed by atoms with van der Waals surface area (Å²) in [7, 11) is -3.43.